The van der Waals surface area contributed by atoms with Gasteiger partial charge in [-0.15, -0.1) is 5.10 Å². The molecule has 1 amide bonds. The zero-order valence-corrected chi connectivity index (χ0v) is 16.4. The Morgan fingerprint density at radius 2 is 2.07 bits per heavy atom. The third-order valence-corrected chi connectivity index (χ3v) is 5.18. The summed E-state index contributed by atoms with van der Waals surface area (Å²) in [6, 6.07) is 11.0. The fraction of sp³-hybridized carbons (Fsp3) is 0.350. The van der Waals surface area contributed by atoms with Crippen molar-refractivity contribution >= 4 is 17.5 Å². The molecule has 1 fully saturated rings. The quantitative estimate of drug-likeness (QED) is 0.687. The monoisotopic (exact) mass is 399 g/mol. The Kier molecular flexibility index (Phi) is 5.45. The van der Waals surface area contributed by atoms with E-state index in [9.17, 15) is 4.79 Å². The minimum Gasteiger partial charge on any atom is -0.468 e. The summed E-state index contributed by atoms with van der Waals surface area (Å²) >= 11 is 6.04. The highest BCUT2D eigenvalue weighted by Crippen LogP contribution is 2.25. The molecule has 1 aromatic carbocycles. The molecule has 1 atom stereocenters. The Balaban J connectivity index is 1.48. The normalized spacial score (nSPS) is 15.6. The maximum Gasteiger partial charge on any atom is 0.273 e. The van der Waals surface area contributed by atoms with Crippen molar-refractivity contribution in [3.8, 4) is 5.69 Å². The zero-order valence-electron chi connectivity index (χ0n) is 15.6. The molecule has 1 aliphatic heterocycles. The number of likely N-dealkylation sites (tertiary alicyclic amines) is 1. The lowest BCUT2D eigenvalue weighted by Gasteiger charge is -2.25. The van der Waals surface area contributed by atoms with E-state index < -0.39 is 0 Å². The average molecular weight is 400 g/mol. The third kappa shape index (κ3) is 3.95. The van der Waals surface area contributed by atoms with Gasteiger partial charge in [-0.2, -0.15) is 9.90 Å². The second-order valence-corrected chi connectivity index (χ2v) is 7.32. The second kappa shape index (κ2) is 8.16. The first-order chi connectivity index (χ1) is 13.6. The van der Waals surface area contributed by atoms with E-state index in [-0.39, 0.29) is 11.9 Å². The molecule has 0 bridgehead atoms. The van der Waals surface area contributed by atoms with Crippen molar-refractivity contribution in [2.75, 3.05) is 19.6 Å². The van der Waals surface area contributed by atoms with Crippen LogP contribution in [-0.2, 0) is 0 Å². The number of aromatic nitrogens is 3. The number of amides is 1. The van der Waals surface area contributed by atoms with Gasteiger partial charge in [0.15, 0.2) is 5.69 Å². The topological polar surface area (TPSA) is 76.2 Å². The molecule has 0 unspecified atom stereocenters. The number of nitrogens with zero attached hydrogens (tertiary/aromatic N) is 4. The van der Waals surface area contributed by atoms with Crippen LogP contribution in [0.3, 0.4) is 0 Å². The Morgan fingerprint density at radius 1 is 1.25 bits per heavy atom. The molecule has 28 heavy (non-hydrogen) atoms. The van der Waals surface area contributed by atoms with E-state index in [2.05, 4.69) is 20.4 Å². The molecule has 0 saturated carbocycles. The predicted octanol–water partition coefficient (Wildman–Crippen LogP) is 3.39. The predicted molar refractivity (Wildman–Crippen MR) is 106 cm³/mol. The first-order valence-electron chi connectivity index (χ1n) is 9.37. The number of furan rings is 1. The molecule has 7 nitrogen and oxygen atoms in total. The molecule has 0 radical (unpaired) electrons. The molecule has 8 heteroatoms. The molecule has 0 spiro atoms. The summed E-state index contributed by atoms with van der Waals surface area (Å²) in [6.07, 6.45) is 4.00. The number of carbonyl (C=O) groups excluding carboxylic acids is 1. The Bertz CT molecular complexity index is 947. The lowest BCUT2D eigenvalue weighted by Crippen LogP contribution is -2.37. The molecule has 3 aromatic rings. The van der Waals surface area contributed by atoms with Crippen LogP contribution >= 0.6 is 11.6 Å². The highest BCUT2D eigenvalue weighted by atomic mass is 35.5. The fourth-order valence-corrected chi connectivity index (χ4v) is 3.71. The summed E-state index contributed by atoms with van der Waals surface area (Å²) in [5.74, 6) is 0.614. The van der Waals surface area contributed by atoms with E-state index in [4.69, 9.17) is 16.0 Å². The van der Waals surface area contributed by atoms with Gasteiger partial charge in [-0.05, 0) is 63.2 Å². The van der Waals surface area contributed by atoms with Crippen molar-refractivity contribution in [3.05, 3.63) is 64.8 Å². The molecular formula is C20H22ClN5O2. The van der Waals surface area contributed by atoms with Gasteiger partial charge in [0.25, 0.3) is 5.91 Å². The highest BCUT2D eigenvalue weighted by Gasteiger charge is 2.27. The minimum absolute atomic E-state index is 0.0183. The SMILES string of the molecule is Cc1nn(-c2cccc(Cl)c2)nc1C(=O)NC[C@H](c1ccco1)N1CCCC1. The zero-order chi connectivity index (χ0) is 19.5. The summed E-state index contributed by atoms with van der Waals surface area (Å²) in [6.45, 7) is 4.24. The summed E-state index contributed by atoms with van der Waals surface area (Å²) in [4.78, 5) is 16.5. The van der Waals surface area contributed by atoms with Crippen molar-refractivity contribution in [3.63, 3.8) is 0 Å². The number of aryl methyl sites for hydroxylation is 1. The van der Waals surface area contributed by atoms with Crippen LogP contribution in [0.4, 0.5) is 0 Å². The van der Waals surface area contributed by atoms with E-state index in [1.807, 2.05) is 24.3 Å². The van der Waals surface area contributed by atoms with E-state index in [0.717, 1.165) is 31.7 Å². The minimum atomic E-state index is -0.249. The van der Waals surface area contributed by atoms with Gasteiger partial charge >= 0.3 is 0 Å². The second-order valence-electron chi connectivity index (χ2n) is 6.89. The molecule has 1 saturated heterocycles. The van der Waals surface area contributed by atoms with Gasteiger partial charge in [-0.25, -0.2) is 0 Å². The molecule has 1 N–H and O–H groups in total. The number of rotatable bonds is 6. The van der Waals surface area contributed by atoms with E-state index in [1.165, 1.54) is 4.80 Å². The van der Waals surface area contributed by atoms with Crippen LogP contribution in [0, 0.1) is 6.92 Å². The smallest absolute Gasteiger partial charge is 0.273 e. The van der Waals surface area contributed by atoms with Crippen molar-refractivity contribution in [2.24, 2.45) is 0 Å². The van der Waals surface area contributed by atoms with Crippen LogP contribution in [0.2, 0.25) is 5.02 Å². The van der Waals surface area contributed by atoms with Crippen LogP contribution in [0.1, 0.15) is 40.8 Å². The molecule has 0 aliphatic carbocycles. The maximum atomic E-state index is 12.8. The highest BCUT2D eigenvalue weighted by molar-refractivity contribution is 6.30. The third-order valence-electron chi connectivity index (χ3n) is 4.95. The number of nitrogens with one attached hydrogen (secondary N) is 1. The van der Waals surface area contributed by atoms with E-state index >= 15 is 0 Å². The fourth-order valence-electron chi connectivity index (χ4n) is 3.52. The Labute approximate surface area is 168 Å². The largest absolute Gasteiger partial charge is 0.468 e. The van der Waals surface area contributed by atoms with Crippen LogP contribution in [0.25, 0.3) is 5.69 Å². The molecule has 2 aromatic heterocycles. The van der Waals surface area contributed by atoms with Crippen molar-refractivity contribution in [1.29, 1.82) is 0 Å². The number of halogens is 1. The number of carbonyl (C=O) groups is 1. The average Bonchev–Trinajstić information content (AvgIpc) is 3.44. The van der Waals surface area contributed by atoms with Gasteiger partial charge in [0, 0.05) is 11.6 Å². The first-order valence-corrected chi connectivity index (χ1v) is 9.75. The van der Waals surface area contributed by atoms with Crippen LogP contribution in [-0.4, -0.2) is 45.4 Å². The summed E-state index contributed by atoms with van der Waals surface area (Å²) < 4.78 is 5.61. The Morgan fingerprint density at radius 3 is 2.79 bits per heavy atom. The maximum absolute atomic E-state index is 12.8. The van der Waals surface area contributed by atoms with E-state index in [0.29, 0.717) is 28.6 Å². The van der Waals surface area contributed by atoms with E-state index in [1.54, 1.807) is 25.3 Å². The number of benzene rings is 1. The van der Waals surface area contributed by atoms with Crippen LogP contribution in [0.5, 0.6) is 0 Å². The molecule has 1 aliphatic rings. The standard InChI is InChI=1S/C20H22ClN5O2/c1-14-19(24-26(23-14)16-7-4-6-15(21)12-16)20(27)22-13-17(18-8-5-11-28-18)25-9-2-3-10-25/h4-8,11-12,17H,2-3,9-10,13H2,1H3,(H,22,27)/t17-/m1/s1. The summed E-state index contributed by atoms with van der Waals surface area (Å²) in [5, 5.41) is 12.3. The van der Waals surface area contributed by atoms with Crippen LogP contribution < -0.4 is 5.32 Å². The molecule has 146 valence electrons. The summed E-state index contributed by atoms with van der Waals surface area (Å²) in [7, 11) is 0. The molecule has 3 heterocycles. The van der Waals surface area contributed by atoms with Gasteiger partial charge < -0.3 is 9.73 Å². The van der Waals surface area contributed by atoms with Crippen molar-refractivity contribution in [2.45, 2.75) is 25.8 Å². The summed E-state index contributed by atoms with van der Waals surface area (Å²) in [5.41, 5.74) is 1.58. The Hall–Kier alpha value is -2.64. The van der Waals surface area contributed by atoms with Gasteiger partial charge in [0.1, 0.15) is 5.76 Å². The molecule has 4 rings (SSSR count). The van der Waals surface area contributed by atoms with Gasteiger partial charge in [0.05, 0.1) is 23.7 Å². The van der Waals surface area contributed by atoms with Crippen molar-refractivity contribution in [1.82, 2.24) is 25.2 Å². The lowest BCUT2D eigenvalue weighted by atomic mass is 10.2. The number of hydrogen-bond acceptors (Lipinski definition) is 5. The lowest BCUT2D eigenvalue weighted by molar-refractivity contribution is 0.0927. The molecular weight excluding hydrogens is 378 g/mol. The van der Waals surface area contributed by atoms with Crippen molar-refractivity contribution < 1.29 is 9.21 Å². The van der Waals surface area contributed by atoms with Gasteiger partial charge in [0.2, 0.25) is 0 Å². The first kappa shape index (κ1) is 18.7. The van der Waals surface area contributed by atoms with Crippen LogP contribution in [0.15, 0.2) is 47.1 Å². The van der Waals surface area contributed by atoms with Gasteiger partial charge in [-0.3, -0.25) is 9.69 Å². The van der Waals surface area contributed by atoms with Gasteiger partial charge in [-0.1, -0.05) is 17.7 Å². The number of hydrogen-bond donors (Lipinski definition) is 1.